The fourth-order valence-electron chi connectivity index (χ4n) is 1.79. The van der Waals surface area contributed by atoms with Gasteiger partial charge in [-0.3, -0.25) is 4.79 Å². The van der Waals surface area contributed by atoms with Crippen LogP contribution in [0, 0.1) is 5.82 Å². The van der Waals surface area contributed by atoms with Crippen LogP contribution in [0.25, 0.3) is 0 Å². The Morgan fingerprint density at radius 2 is 1.95 bits per heavy atom. The van der Waals surface area contributed by atoms with E-state index in [1.54, 1.807) is 18.2 Å². The highest BCUT2D eigenvalue weighted by atomic mass is 35.5. The van der Waals surface area contributed by atoms with Crippen molar-refractivity contribution in [2.24, 2.45) is 0 Å². The van der Waals surface area contributed by atoms with Crippen LogP contribution in [0.4, 0.5) is 15.8 Å². The third-order valence-electron chi connectivity index (χ3n) is 2.67. The number of hydrogen-bond acceptors (Lipinski definition) is 2. The van der Waals surface area contributed by atoms with Crippen LogP contribution in [0.5, 0.6) is 0 Å². The Morgan fingerprint density at radius 1 is 1.20 bits per heavy atom. The molecule has 0 bridgehead atoms. The van der Waals surface area contributed by atoms with E-state index >= 15 is 0 Å². The average molecular weight is 293 g/mol. The maximum absolute atomic E-state index is 13.6. The third kappa shape index (κ3) is 3.96. The zero-order chi connectivity index (χ0) is 14.5. The van der Waals surface area contributed by atoms with Crippen molar-refractivity contribution in [2.45, 2.75) is 13.5 Å². The molecule has 0 saturated carbocycles. The van der Waals surface area contributed by atoms with Gasteiger partial charge in [0.15, 0.2) is 0 Å². The predicted octanol–water partition coefficient (Wildman–Crippen LogP) is 4.05. The molecule has 0 aliphatic carbocycles. The minimum atomic E-state index is -0.306. The van der Waals surface area contributed by atoms with Gasteiger partial charge in [-0.05, 0) is 36.4 Å². The van der Waals surface area contributed by atoms with Crippen LogP contribution in [0.2, 0.25) is 5.02 Å². The molecule has 104 valence electrons. The first-order valence-electron chi connectivity index (χ1n) is 6.10. The number of carbonyl (C=O) groups is 1. The van der Waals surface area contributed by atoms with E-state index in [1.807, 2.05) is 12.1 Å². The first kappa shape index (κ1) is 14.3. The van der Waals surface area contributed by atoms with Crippen molar-refractivity contribution < 1.29 is 9.18 Å². The van der Waals surface area contributed by atoms with Crippen molar-refractivity contribution in [1.29, 1.82) is 0 Å². The Kier molecular flexibility index (Phi) is 4.58. The molecule has 0 saturated heterocycles. The van der Waals surface area contributed by atoms with Gasteiger partial charge < -0.3 is 10.6 Å². The molecule has 0 aromatic heterocycles. The molecular weight excluding hydrogens is 279 g/mol. The smallest absolute Gasteiger partial charge is 0.221 e. The van der Waals surface area contributed by atoms with Gasteiger partial charge in [0.1, 0.15) is 5.82 Å². The summed E-state index contributed by atoms with van der Waals surface area (Å²) < 4.78 is 13.6. The van der Waals surface area contributed by atoms with Crippen molar-refractivity contribution in [2.75, 3.05) is 10.6 Å². The summed E-state index contributed by atoms with van der Waals surface area (Å²) in [5.74, 6) is -0.442. The molecule has 1 amide bonds. The van der Waals surface area contributed by atoms with Crippen LogP contribution in [0.1, 0.15) is 12.5 Å². The van der Waals surface area contributed by atoms with Crippen molar-refractivity contribution in [1.82, 2.24) is 0 Å². The van der Waals surface area contributed by atoms with Crippen LogP contribution < -0.4 is 10.6 Å². The van der Waals surface area contributed by atoms with Gasteiger partial charge in [-0.2, -0.15) is 0 Å². The molecule has 0 fully saturated rings. The lowest BCUT2D eigenvalue weighted by atomic mass is 10.2. The van der Waals surface area contributed by atoms with Gasteiger partial charge in [0.05, 0.1) is 0 Å². The SMILES string of the molecule is CC(=O)Nc1cccc(NCc2cc(Cl)ccc2F)c1. The first-order chi connectivity index (χ1) is 9.54. The van der Waals surface area contributed by atoms with Crippen LogP contribution in [-0.2, 0) is 11.3 Å². The monoisotopic (exact) mass is 292 g/mol. The van der Waals surface area contributed by atoms with E-state index < -0.39 is 0 Å². The maximum Gasteiger partial charge on any atom is 0.221 e. The Bertz CT molecular complexity index is 631. The molecule has 0 heterocycles. The fraction of sp³-hybridized carbons (Fsp3) is 0.133. The van der Waals surface area contributed by atoms with Crippen molar-refractivity contribution >= 4 is 28.9 Å². The summed E-state index contributed by atoms with van der Waals surface area (Å²) in [7, 11) is 0. The van der Waals surface area contributed by atoms with Crippen LogP contribution >= 0.6 is 11.6 Å². The van der Waals surface area contributed by atoms with Crippen molar-refractivity contribution in [3.63, 3.8) is 0 Å². The zero-order valence-corrected chi connectivity index (χ0v) is 11.7. The summed E-state index contributed by atoms with van der Waals surface area (Å²) in [5, 5.41) is 6.28. The number of benzene rings is 2. The Hall–Kier alpha value is -2.07. The van der Waals surface area contributed by atoms with Crippen LogP contribution in [0.15, 0.2) is 42.5 Å². The molecule has 0 aliphatic rings. The normalized spacial score (nSPS) is 10.2. The first-order valence-corrected chi connectivity index (χ1v) is 6.48. The summed E-state index contributed by atoms with van der Waals surface area (Å²) in [4.78, 5) is 11.0. The molecule has 0 radical (unpaired) electrons. The quantitative estimate of drug-likeness (QED) is 0.892. The lowest BCUT2D eigenvalue weighted by Gasteiger charge is -2.09. The highest BCUT2D eigenvalue weighted by molar-refractivity contribution is 6.30. The molecule has 5 heteroatoms. The molecule has 0 spiro atoms. The number of amides is 1. The second-order valence-electron chi connectivity index (χ2n) is 4.35. The topological polar surface area (TPSA) is 41.1 Å². The molecule has 2 N–H and O–H groups in total. The molecule has 2 aromatic carbocycles. The van der Waals surface area contributed by atoms with Crippen LogP contribution in [-0.4, -0.2) is 5.91 Å². The summed E-state index contributed by atoms with van der Waals surface area (Å²) in [6.07, 6.45) is 0. The number of hydrogen-bond donors (Lipinski definition) is 2. The molecule has 2 aromatic rings. The maximum atomic E-state index is 13.6. The van der Waals surface area contributed by atoms with Crippen LogP contribution in [0.3, 0.4) is 0 Å². The lowest BCUT2D eigenvalue weighted by molar-refractivity contribution is -0.114. The van der Waals surface area contributed by atoms with Crippen molar-refractivity contribution in [3.8, 4) is 0 Å². The zero-order valence-electron chi connectivity index (χ0n) is 10.9. The summed E-state index contributed by atoms with van der Waals surface area (Å²) in [5.41, 5.74) is 1.96. The standard InChI is InChI=1S/C15H14ClFN2O/c1-10(20)19-14-4-2-3-13(8-14)18-9-11-7-12(16)5-6-15(11)17/h2-8,18H,9H2,1H3,(H,19,20). The average Bonchev–Trinajstić information content (AvgIpc) is 2.39. The summed E-state index contributed by atoms with van der Waals surface area (Å²) in [6.45, 7) is 1.76. The van der Waals surface area contributed by atoms with E-state index in [1.165, 1.54) is 19.1 Å². The second kappa shape index (κ2) is 6.39. The van der Waals surface area contributed by atoms with E-state index in [9.17, 15) is 9.18 Å². The Labute approximate surface area is 121 Å². The fourth-order valence-corrected chi connectivity index (χ4v) is 1.98. The summed E-state index contributed by atoms with van der Waals surface area (Å²) in [6, 6.07) is 11.7. The van der Waals surface area contributed by atoms with E-state index in [-0.39, 0.29) is 11.7 Å². The third-order valence-corrected chi connectivity index (χ3v) is 2.91. The largest absolute Gasteiger partial charge is 0.381 e. The molecule has 2 rings (SSSR count). The predicted molar refractivity (Wildman–Crippen MR) is 79.5 cm³/mol. The van der Waals surface area contributed by atoms with E-state index in [4.69, 9.17) is 11.6 Å². The molecule has 0 aliphatic heterocycles. The minimum Gasteiger partial charge on any atom is -0.381 e. The second-order valence-corrected chi connectivity index (χ2v) is 4.79. The molecule has 3 nitrogen and oxygen atoms in total. The van der Waals surface area contributed by atoms with Gasteiger partial charge >= 0.3 is 0 Å². The van der Waals surface area contributed by atoms with Gasteiger partial charge in [-0.1, -0.05) is 17.7 Å². The van der Waals surface area contributed by atoms with E-state index in [0.29, 0.717) is 22.8 Å². The van der Waals surface area contributed by atoms with E-state index in [0.717, 1.165) is 5.69 Å². The number of nitrogens with one attached hydrogen (secondary N) is 2. The van der Waals surface area contributed by atoms with Gasteiger partial charge in [-0.25, -0.2) is 4.39 Å². The number of anilines is 2. The van der Waals surface area contributed by atoms with Crippen molar-refractivity contribution in [3.05, 3.63) is 58.9 Å². The van der Waals surface area contributed by atoms with Gasteiger partial charge in [-0.15, -0.1) is 0 Å². The molecular formula is C15H14ClFN2O. The number of halogens is 2. The number of rotatable bonds is 4. The number of carbonyl (C=O) groups excluding carboxylic acids is 1. The van der Waals surface area contributed by atoms with E-state index in [2.05, 4.69) is 10.6 Å². The highest BCUT2D eigenvalue weighted by Gasteiger charge is 2.03. The van der Waals surface area contributed by atoms with Gasteiger partial charge in [0.2, 0.25) is 5.91 Å². The Balaban J connectivity index is 2.07. The minimum absolute atomic E-state index is 0.136. The lowest BCUT2D eigenvalue weighted by Crippen LogP contribution is -2.06. The summed E-state index contributed by atoms with van der Waals surface area (Å²) >= 11 is 5.84. The van der Waals surface area contributed by atoms with Gasteiger partial charge in [0, 0.05) is 35.4 Å². The highest BCUT2D eigenvalue weighted by Crippen LogP contribution is 2.19. The molecule has 0 unspecified atom stereocenters. The van der Waals surface area contributed by atoms with Gasteiger partial charge in [0.25, 0.3) is 0 Å². The molecule has 0 atom stereocenters. The molecule has 20 heavy (non-hydrogen) atoms. The Morgan fingerprint density at radius 3 is 2.70 bits per heavy atom.